The van der Waals surface area contributed by atoms with Gasteiger partial charge in [-0.25, -0.2) is 4.98 Å². The summed E-state index contributed by atoms with van der Waals surface area (Å²) in [6.07, 6.45) is 14.9. The van der Waals surface area contributed by atoms with Gasteiger partial charge in [0.15, 0.2) is 0 Å². The molecule has 3 atom stereocenters. The Kier molecular flexibility index (Phi) is 10.6. The van der Waals surface area contributed by atoms with E-state index < -0.39 is 12.1 Å². The van der Waals surface area contributed by atoms with Crippen molar-refractivity contribution in [1.82, 2.24) is 25.5 Å². The number of oxazole rings is 1. The molecule has 1 aromatic carbocycles. The maximum absolute atomic E-state index is 13.7. The minimum absolute atomic E-state index is 0.152. The summed E-state index contributed by atoms with van der Waals surface area (Å²) < 4.78 is 5.64. The molecule has 0 bridgehead atoms. The van der Waals surface area contributed by atoms with Gasteiger partial charge in [-0.1, -0.05) is 43.7 Å². The molecule has 3 N–H and O–H groups in total. The highest BCUT2D eigenvalue weighted by Crippen LogP contribution is 2.33. The largest absolute Gasteiger partial charge is 0.446 e. The highest BCUT2D eigenvalue weighted by atomic mass is 16.3. The summed E-state index contributed by atoms with van der Waals surface area (Å²) in [4.78, 5) is 38.0. The number of aliphatic hydroxyl groups excluding tert-OH is 1. The molecule has 2 aromatic heterocycles. The van der Waals surface area contributed by atoms with Gasteiger partial charge in [0.2, 0.25) is 5.89 Å². The van der Waals surface area contributed by atoms with Crippen molar-refractivity contribution >= 4 is 11.8 Å². The lowest BCUT2D eigenvalue weighted by Gasteiger charge is -2.26. The molecule has 3 aromatic rings. The monoisotopic (exact) mass is 611 g/mol. The molecule has 1 fully saturated rings. The molecule has 2 amide bonds. The van der Waals surface area contributed by atoms with Crippen molar-refractivity contribution in [1.29, 1.82) is 0 Å². The molecular formula is C36H45N5O4. The number of nitrogens with zero attached hydrogens (tertiary/aromatic N) is 3. The topological polar surface area (TPSA) is 121 Å². The molecule has 3 heterocycles. The fourth-order valence-corrected chi connectivity index (χ4v) is 6.03. The molecule has 0 saturated carbocycles. The fraction of sp³-hybridized carbons (Fsp3) is 0.444. The van der Waals surface area contributed by atoms with Gasteiger partial charge in [-0.3, -0.25) is 14.6 Å². The highest BCUT2D eigenvalue weighted by molar-refractivity contribution is 6.00. The van der Waals surface area contributed by atoms with E-state index in [2.05, 4.69) is 58.7 Å². The molecule has 2 aliphatic rings. The molecule has 9 heteroatoms. The van der Waals surface area contributed by atoms with Crippen LogP contribution in [0.2, 0.25) is 0 Å². The second kappa shape index (κ2) is 14.8. The van der Waals surface area contributed by atoms with Crippen LogP contribution in [0.25, 0.3) is 0 Å². The van der Waals surface area contributed by atoms with Crippen LogP contribution in [0.15, 0.2) is 71.1 Å². The summed E-state index contributed by atoms with van der Waals surface area (Å²) in [7, 11) is 0. The zero-order valence-electron chi connectivity index (χ0n) is 26.8. The van der Waals surface area contributed by atoms with E-state index in [4.69, 9.17) is 4.42 Å². The van der Waals surface area contributed by atoms with Gasteiger partial charge in [0, 0.05) is 43.2 Å². The molecular weight excluding hydrogens is 566 g/mol. The number of allylic oxidation sites excluding steroid dienone is 3. The Morgan fingerprint density at radius 3 is 2.67 bits per heavy atom. The normalized spacial score (nSPS) is 17.8. The van der Waals surface area contributed by atoms with Crippen molar-refractivity contribution in [3.8, 4) is 0 Å². The van der Waals surface area contributed by atoms with E-state index in [1.165, 1.54) is 5.56 Å². The molecule has 0 unspecified atom stereocenters. The zero-order valence-corrected chi connectivity index (χ0v) is 26.8. The number of benzene rings is 1. The Bertz CT molecular complexity index is 1560. The minimum atomic E-state index is -0.841. The fourth-order valence-electron chi connectivity index (χ4n) is 6.03. The molecule has 45 heavy (non-hydrogen) atoms. The van der Waals surface area contributed by atoms with Gasteiger partial charge in [0.05, 0.1) is 17.8 Å². The third-order valence-electron chi connectivity index (χ3n) is 8.50. The molecule has 1 saturated heterocycles. The van der Waals surface area contributed by atoms with Crippen LogP contribution < -0.4 is 10.6 Å². The van der Waals surface area contributed by atoms with Crippen LogP contribution in [0, 0.1) is 13.8 Å². The first-order valence-corrected chi connectivity index (χ1v) is 16.0. The summed E-state index contributed by atoms with van der Waals surface area (Å²) in [6.45, 7) is 9.46. The summed E-state index contributed by atoms with van der Waals surface area (Å²) in [5.74, 6) is 0.447. The maximum Gasteiger partial charge on any atom is 0.254 e. The SMILES string of the molecule is Cc1cc(C(=O)N[C@@H](CC2=CCCC=C2)[C@H](O)CNCc2cncc(C(C)C)c2)cc(C(=O)N2CCC[C@@H]2c2nc(C)co2)c1. The highest BCUT2D eigenvalue weighted by Gasteiger charge is 2.34. The number of carbonyl (C=O) groups excluding carboxylic acids is 2. The molecule has 5 rings (SSSR count). The second-order valence-corrected chi connectivity index (χ2v) is 12.6. The average Bonchev–Trinajstić information content (AvgIpc) is 3.70. The van der Waals surface area contributed by atoms with Gasteiger partial charge < -0.3 is 25.1 Å². The van der Waals surface area contributed by atoms with E-state index in [-0.39, 0.29) is 17.9 Å². The third kappa shape index (κ3) is 8.35. The summed E-state index contributed by atoms with van der Waals surface area (Å²) in [5.41, 5.74) is 5.72. The van der Waals surface area contributed by atoms with Crippen molar-refractivity contribution < 1.29 is 19.1 Å². The van der Waals surface area contributed by atoms with Crippen molar-refractivity contribution in [2.75, 3.05) is 13.1 Å². The Hall–Kier alpha value is -4.08. The standard InChI is InChI=1S/C36H45N5O4/c1-23(2)30-15-27(18-37-20-30)19-38-21-33(42)31(16-26-9-6-5-7-10-26)40-34(43)28-13-24(3)14-29(17-28)36(44)41-12-8-11-32(41)35-39-25(4)22-45-35/h6,9-10,13-15,17-18,20,22-23,31-33,38,42H,5,7-8,11-12,16,19,21H2,1-4H3,(H,40,43)/t31-,32+,33+/m0/s1. The Morgan fingerprint density at radius 1 is 1.11 bits per heavy atom. The predicted molar refractivity (Wildman–Crippen MR) is 174 cm³/mol. The van der Waals surface area contributed by atoms with Gasteiger partial charge >= 0.3 is 0 Å². The Balaban J connectivity index is 1.29. The Morgan fingerprint density at radius 2 is 1.93 bits per heavy atom. The first-order valence-electron chi connectivity index (χ1n) is 16.0. The molecule has 0 spiro atoms. The van der Waals surface area contributed by atoms with E-state index in [0.29, 0.717) is 49.0 Å². The molecule has 0 radical (unpaired) electrons. The number of pyridine rings is 1. The first kappa shape index (κ1) is 32.3. The quantitative estimate of drug-likeness (QED) is 0.240. The number of hydrogen-bond acceptors (Lipinski definition) is 7. The molecule has 9 nitrogen and oxygen atoms in total. The number of carbonyl (C=O) groups is 2. The van der Waals surface area contributed by atoms with E-state index in [1.807, 2.05) is 32.3 Å². The number of aliphatic hydroxyl groups is 1. The lowest BCUT2D eigenvalue weighted by atomic mass is 9.96. The van der Waals surface area contributed by atoms with Crippen LogP contribution in [0.5, 0.6) is 0 Å². The smallest absolute Gasteiger partial charge is 0.254 e. The number of aromatic nitrogens is 2. The van der Waals surface area contributed by atoms with E-state index in [9.17, 15) is 14.7 Å². The van der Waals surface area contributed by atoms with Crippen molar-refractivity contribution in [2.24, 2.45) is 0 Å². The Labute approximate surface area is 265 Å². The van der Waals surface area contributed by atoms with E-state index >= 15 is 0 Å². The summed E-state index contributed by atoms with van der Waals surface area (Å²) in [5, 5.41) is 17.7. The number of aryl methyl sites for hydroxylation is 2. The van der Waals surface area contributed by atoms with Crippen molar-refractivity contribution in [3.05, 3.63) is 106 Å². The summed E-state index contributed by atoms with van der Waals surface area (Å²) >= 11 is 0. The van der Waals surface area contributed by atoms with Crippen molar-refractivity contribution in [2.45, 2.75) is 90.4 Å². The molecule has 1 aliphatic heterocycles. The second-order valence-electron chi connectivity index (χ2n) is 12.6. The average molecular weight is 612 g/mol. The number of nitrogens with one attached hydrogen (secondary N) is 2. The number of rotatable bonds is 12. The van der Waals surface area contributed by atoms with Crippen LogP contribution in [-0.4, -0.2) is 57.0 Å². The molecule has 238 valence electrons. The lowest BCUT2D eigenvalue weighted by molar-refractivity contribution is 0.0715. The van der Waals surface area contributed by atoms with Gasteiger partial charge in [-0.05, 0) is 86.8 Å². The van der Waals surface area contributed by atoms with Crippen molar-refractivity contribution in [3.63, 3.8) is 0 Å². The van der Waals surface area contributed by atoms with E-state index in [0.717, 1.165) is 48.1 Å². The van der Waals surface area contributed by atoms with Gasteiger partial charge in [0.1, 0.15) is 12.3 Å². The molecule has 1 aliphatic carbocycles. The van der Waals surface area contributed by atoms with Crippen LogP contribution in [-0.2, 0) is 6.54 Å². The maximum atomic E-state index is 13.7. The third-order valence-corrected chi connectivity index (χ3v) is 8.50. The number of likely N-dealkylation sites (tertiary alicyclic amines) is 1. The number of hydrogen-bond donors (Lipinski definition) is 3. The summed E-state index contributed by atoms with van der Waals surface area (Å²) in [6, 6.07) is 6.61. The number of amides is 2. The van der Waals surface area contributed by atoms with Crippen LogP contribution in [0.1, 0.15) is 107 Å². The first-order chi connectivity index (χ1) is 21.7. The van der Waals surface area contributed by atoms with Gasteiger partial charge in [-0.2, -0.15) is 0 Å². The predicted octanol–water partition coefficient (Wildman–Crippen LogP) is 5.70. The lowest BCUT2D eigenvalue weighted by Crippen LogP contribution is -2.47. The van der Waals surface area contributed by atoms with Gasteiger partial charge in [0.25, 0.3) is 11.8 Å². The zero-order chi connectivity index (χ0) is 31.9. The van der Waals surface area contributed by atoms with Crippen LogP contribution in [0.4, 0.5) is 0 Å². The van der Waals surface area contributed by atoms with E-state index in [1.54, 1.807) is 23.3 Å². The minimum Gasteiger partial charge on any atom is -0.446 e. The van der Waals surface area contributed by atoms with Gasteiger partial charge in [-0.15, -0.1) is 0 Å². The van der Waals surface area contributed by atoms with Crippen LogP contribution >= 0.6 is 0 Å². The van der Waals surface area contributed by atoms with Crippen LogP contribution in [0.3, 0.4) is 0 Å².